The van der Waals surface area contributed by atoms with Crippen molar-refractivity contribution >= 4 is 0 Å². The van der Waals surface area contributed by atoms with Gasteiger partial charge in [0.05, 0.1) is 0 Å². The molecule has 19 heavy (non-hydrogen) atoms. The van der Waals surface area contributed by atoms with Crippen LogP contribution in [0.15, 0.2) is 0 Å². The second-order valence-electron chi connectivity index (χ2n) is 6.34. The van der Waals surface area contributed by atoms with Gasteiger partial charge in [-0.3, -0.25) is 0 Å². The predicted molar refractivity (Wildman–Crippen MR) is 78.8 cm³/mol. The van der Waals surface area contributed by atoms with Crippen molar-refractivity contribution < 1.29 is 9.47 Å². The molecule has 108 valence electrons. The zero-order valence-electron chi connectivity index (χ0n) is 13.4. The van der Waals surface area contributed by atoms with Crippen LogP contribution in [0, 0.1) is 29.5 Å². The summed E-state index contributed by atoms with van der Waals surface area (Å²) in [6.07, 6.45) is 6.26. The lowest BCUT2D eigenvalue weighted by atomic mass is 9.81. The summed E-state index contributed by atoms with van der Waals surface area (Å²) in [6, 6.07) is 0. The molecule has 0 spiro atoms. The van der Waals surface area contributed by atoms with E-state index >= 15 is 0 Å². The molecule has 0 aliphatic carbocycles. The Morgan fingerprint density at radius 2 is 1.26 bits per heavy atom. The number of nitrogens with zero attached hydrogens (tertiary/aromatic N) is 1. The van der Waals surface area contributed by atoms with Gasteiger partial charge in [0.2, 0.25) is 0 Å². The Balaban J connectivity index is 4.73. The molecule has 0 unspecified atom stereocenters. The van der Waals surface area contributed by atoms with Crippen LogP contribution in [0.25, 0.3) is 0 Å². The van der Waals surface area contributed by atoms with E-state index in [0.717, 1.165) is 6.42 Å². The summed E-state index contributed by atoms with van der Waals surface area (Å²) >= 11 is 0. The summed E-state index contributed by atoms with van der Waals surface area (Å²) in [7, 11) is 0. The van der Waals surface area contributed by atoms with E-state index in [4.69, 9.17) is 9.47 Å². The molecule has 0 saturated carbocycles. The summed E-state index contributed by atoms with van der Waals surface area (Å²) in [5, 5.41) is 0. The van der Waals surface area contributed by atoms with Crippen LogP contribution in [-0.2, 0) is 9.47 Å². The van der Waals surface area contributed by atoms with Crippen molar-refractivity contribution in [3.63, 3.8) is 0 Å². The normalized spacial score (nSPS) is 11.2. The Bertz CT molecular complexity index is 348. The zero-order chi connectivity index (χ0) is 14.9. The maximum Gasteiger partial charge on any atom is 0.157 e. The molecule has 0 aliphatic rings. The molecule has 0 N–H and O–H groups in total. The molecule has 0 heterocycles. The second-order valence-corrected chi connectivity index (χ2v) is 6.34. The molecule has 0 atom stereocenters. The van der Waals surface area contributed by atoms with Crippen molar-refractivity contribution in [1.29, 1.82) is 0 Å². The molecule has 3 heteroatoms. The Hall–Kier alpha value is -1.32. The van der Waals surface area contributed by atoms with E-state index < -0.39 is 0 Å². The molecule has 0 fully saturated rings. The Morgan fingerprint density at radius 1 is 0.842 bits per heavy atom. The molecule has 0 aromatic carbocycles. The van der Waals surface area contributed by atoms with Crippen molar-refractivity contribution in [2.24, 2.45) is 5.41 Å². The van der Waals surface area contributed by atoms with Crippen molar-refractivity contribution in [3.8, 4) is 24.1 Å². The van der Waals surface area contributed by atoms with Gasteiger partial charge in [-0.1, -0.05) is 32.6 Å². The van der Waals surface area contributed by atoms with Gasteiger partial charge < -0.3 is 9.47 Å². The first kappa shape index (κ1) is 17.7. The topological polar surface area (TPSA) is 21.7 Å². The molecule has 0 rings (SSSR count). The zero-order valence-corrected chi connectivity index (χ0v) is 13.4. The Kier molecular flexibility index (Phi) is 7.42. The molecule has 0 aromatic heterocycles. The van der Waals surface area contributed by atoms with Gasteiger partial charge in [0.25, 0.3) is 0 Å². The van der Waals surface area contributed by atoms with E-state index in [1.807, 2.05) is 0 Å². The average molecular weight is 265 g/mol. The quantitative estimate of drug-likeness (QED) is 0.542. The van der Waals surface area contributed by atoms with Gasteiger partial charge in [0.15, 0.2) is 13.5 Å². The van der Waals surface area contributed by atoms with Crippen LogP contribution in [0.1, 0.15) is 54.9 Å². The van der Waals surface area contributed by atoms with E-state index in [0.29, 0.717) is 13.5 Å². The Morgan fingerprint density at radius 3 is 1.58 bits per heavy atom. The van der Waals surface area contributed by atoms with E-state index in [2.05, 4.69) is 63.6 Å². The molecule has 0 radical (unpaired) electrons. The van der Waals surface area contributed by atoms with Crippen LogP contribution in [0.3, 0.4) is 0 Å². The van der Waals surface area contributed by atoms with Gasteiger partial charge >= 0.3 is 0 Å². The summed E-state index contributed by atoms with van der Waals surface area (Å²) in [6.45, 7) is 15.4. The molecule has 0 bridgehead atoms. The monoisotopic (exact) mass is 265 g/mol. The third kappa shape index (κ3) is 8.41. The van der Waals surface area contributed by atoms with Gasteiger partial charge in [-0.25, -0.2) is 4.90 Å². The summed E-state index contributed by atoms with van der Waals surface area (Å²) < 4.78 is 10.6. The second kappa shape index (κ2) is 7.97. The van der Waals surface area contributed by atoms with Gasteiger partial charge in [-0.2, -0.15) is 0 Å². The SMILES string of the molecule is CC#COCN(COC#CC)C(C)(C)CC(C)(C)C. The number of ether oxygens (including phenoxy) is 2. The van der Waals surface area contributed by atoms with Crippen LogP contribution in [-0.4, -0.2) is 23.9 Å². The number of rotatable bonds is 6. The fraction of sp³-hybridized carbons (Fsp3) is 0.750. The standard InChI is InChI=1S/C16H27NO2/c1-8-10-18-13-17(14-19-11-9-2)16(6,7)12-15(3,4)5/h12-14H2,1-7H3. The van der Waals surface area contributed by atoms with Crippen LogP contribution in [0.2, 0.25) is 0 Å². The predicted octanol–water partition coefficient (Wildman–Crippen LogP) is 3.41. The first-order chi connectivity index (χ1) is 8.73. The third-order valence-corrected chi connectivity index (χ3v) is 2.61. The summed E-state index contributed by atoms with van der Waals surface area (Å²) in [5.74, 6) is 5.44. The van der Waals surface area contributed by atoms with Crippen LogP contribution < -0.4 is 0 Å². The first-order valence-corrected chi connectivity index (χ1v) is 6.55. The maximum atomic E-state index is 5.31. The van der Waals surface area contributed by atoms with Crippen LogP contribution >= 0.6 is 0 Å². The van der Waals surface area contributed by atoms with Crippen molar-refractivity contribution in [1.82, 2.24) is 4.90 Å². The Labute approximate surface area is 118 Å². The molecule has 0 amide bonds. The number of hydrogen-bond donors (Lipinski definition) is 0. The first-order valence-electron chi connectivity index (χ1n) is 6.55. The van der Waals surface area contributed by atoms with E-state index in [9.17, 15) is 0 Å². The molecule has 3 nitrogen and oxygen atoms in total. The average Bonchev–Trinajstić information content (AvgIpc) is 2.24. The van der Waals surface area contributed by atoms with Crippen LogP contribution in [0.4, 0.5) is 0 Å². The minimum Gasteiger partial charge on any atom is -0.430 e. The van der Waals surface area contributed by atoms with Gasteiger partial charge in [-0.15, -0.1) is 0 Å². The van der Waals surface area contributed by atoms with Gasteiger partial charge in [-0.05, 0) is 25.7 Å². The largest absolute Gasteiger partial charge is 0.430 e. The lowest BCUT2D eigenvalue weighted by Crippen LogP contribution is -2.48. The summed E-state index contributed by atoms with van der Waals surface area (Å²) in [5.41, 5.74) is 0.178. The highest BCUT2D eigenvalue weighted by Gasteiger charge is 2.32. The van der Waals surface area contributed by atoms with E-state index in [1.54, 1.807) is 13.8 Å². The molecule has 0 aliphatic heterocycles. The minimum absolute atomic E-state index is 0.0525. The van der Waals surface area contributed by atoms with Crippen molar-refractivity contribution in [3.05, 3.63) is 0 Å². The lowest BCUT2D eigenvalue weighted by molar-refractivity contribution is -0.0516. The molecular weight excluding hydrogens is 238 g/mol. The molecule has 0 aromatic rings. The van der Waals surface area contributed by atoms with Crippen molar-refractivity contribution in [2.45, 2.75) is 60.4 Å². The van der Waals surface area contributed by atoms with E-state index in [1.165, 1.54) is 0 Å². The van der Waals surface area contributed by atoms with E-state index in [-0.39, 0.29) is 11.0 Å². The fourth-order valence-corrected chi connectivity index (χ4v) is 2.16. The minimum atomic E-state index is -0.0525. The van der Waals surface area contributed by atoms with Crippen molar-refractivity contribution in [2.75, 3.05) is 13.5 Å². The molecule has 0 saturated heterocycles. The molecular formula is C16H27NO2. The van der Waals surface area contributed by atoms with Gasteiger partial charge in [0, 0.05) is 19.4 Å². The van der Waals surface area contributed by atoms with Gasteiger partial charge in [0.1, 0.15) is 12.2 Å². The highest BCUT2D eigenvalue weighted by atomic mass is 16.5. The highest BCUT2D eigenvalue weighted by Crippen LogP contribution is 2.31. The smallest absolute Gasteiger partial charge is 0.157 e. The van der Waals surface area contributed by atoms with Crippen LogP contribution in [0.5, 0.6) is 0 Å². The third-order valence-electron chi connectivity index (χ3n) is 2.61. The fourth-order valence-electron chi connectivity index (χ4n) is 2.16. The highest BCUT2D eigenvalue weighted by molar-refractivity contribution is 4.89. The summed E-state index contributed by atoms with van der Waals surface area (Å²) in [4.78, 5) is 2.10. The number of hydrogen-bond acceptors (Lipinski definition) is 3. The maximum absolute atomic E-state index is 5.31. The lowest BCUT2D eigenvalue weighted by Gasteiger charge is -2.40.